The average molecular weight is 377 g/mol. The summed E-state index contributed by atoms with van der Waals surface area (Å²) in [4.78, 5) is 27.4. The fraction of sp³-hybridized carbons (Fsp3) is 0.286. The maximum atomic E-state index is 12.5. The van der Waals surface area contributed by atoms with Gasteiger partial charge >= 0.3 is 23.9 Å². The van der Waals surface area contributed by atoms with Gasteiger partial charge in [-0.15, -0.1) is 0 Å². The number of rotatable bonds is 3. The van der Waals surface area contributed by atoms with Crippen molar-refractivity contribution < 1.29 is 27.3 Å². The molecule has 0 fully saturated rings. The Labute approximate surface area is 144 Å². The number of hydrogen-bond acceptors (Lipinski definition) is 5. The number of likely N-dealkylation sites (N-methyl/N-ethyl adjacent to an activating group) is 1. The van der Waals surface area contributed by atoms with Crippen molar-refractivity contribution >= 4 is 23.4 Å². The number of halogens is 4. The van der Waals surface area contributed by atoms with Gasteiger partial charge in [-0.05, 0) is 11.6 Å². The molecule has 0 spiro atoms. The molecule has 1 heterocycles. The molecule has 0 bridgehead atoms. The van der Waals surface area contributed by atoms with Crippen LogP contribution in [0.2, 0.25) is 5.02 Å². The number of carbonyl (C=O) groups is 2. The minimum atomic E-state index is -4.74. The van der Waals surface area contributed by atoms with Crippen molar-refractivity contribution in [1.82, 2.24) is 20.4 Å². The fourth-order valence-corrected chi connectivity index (χ4v) is 1.99. The van der Waals surface area contributed by atoms with Crippen molar-refractivity contribution in [2.45, 2.75) is 12.7 Å². The minimum Gasteiger partial charge on any atom is -0.344 e. The van der Waals surface area contributed by atoms with Gasteiger partial charge in [0.2, 0.25) is 5.82 Å². The molecule has 2 aromatic rings. The van der Waals surface area contributed by atoms with Gasteiger partial charge in [0.1, 0.15) is 0 Å². The highest BCUT2D eigenvalue weighted by atomic mass is 35.5. The Morgan fingerprint density at radius 1 is 1.32 bits per heavy atom. The lowest BCUT2D eigenvalue weighted by Crippen LogP contribution is -2.38. The van der Waals surface area contributed by atoms with Crippen LogP contribution >= 0.6 is 11.6 Å². The quantitative estimate of drug-likeness (QED) is 0.829. The SMILES string of the molecule is CN(C)C(=O)C(=O)NCc1ccc(-c2noc(C(F)(F)F)n2)cc1Cl. The van der Waals surface area contributed by atoms with E-state index in [1.54, 1.807) is 0 Å². The molecule has 2 amide bonds. The van der Waals surface area contributed by atoms with Crippen LogP contribution in [0.3, 0.4) is 0 Å². The summed E-state index contributed by atoms with van der Waals surface area (Å²) < 4.78 is 41.5. The third-order valence-corrected chi connectivity index (χ3v) is 3.37. The minimum absolute atomic E-state index is 0.0302. The molecule has 134 valence electrons. The monoisotopic (exact) mass is 376 g/mol. The molecule has 0 aliphatic rings. The molecule has 7 nitrogen and oxygen atoms in total. The van der Waals surface area contributed by atoms with Crippen LogP contribution in [-0.2, 0) is 22.3 Å². The second-order valence-electron chi connectivity index (χ2n) is 5.11. The number of hydrogen-bond donors (Lipinski definition) is 1. The summed E-state index contributed by atoms with van der Waals surface area (Å²) in [6.45, 7) is -0.0302. The smallest absolute Gasteiger partial charge is 0.344 e. The van der Waals surface area contributed by atoms with Crippen LogP contribution in [0.1, 0.15) is 11.5 Å². The van der Waals surface area contributed by atoms with Gasteiger partial charge in [-0.25, -0.2) is 0 Å². The van der Waals surface area contributed by atoms with Crippen LogP contribution in [0, 0.1) is 0 Å². The Hall–Kier alpha value is -2.62. The van der Waals surface area contributed by atoms with Gasteiger partial charge < -0.3 is 14.7 Å². The molecule has 0 radical (unpaired) electrons. The van der Waals surface area contributed by atoms with Crippen molar-refractivity contribution in [3.8, 4) is 11.4 Å². The number of aromatic nitrogens is 2. The van der Waals surface area contributed by atoms with Crippen molar-refractivity contribution in [2.75, 3.05) is 14.1 Å². The van der Waals surface area contributed by atoms with Crippen molar-refractivity contribution in [3.63, 3.8) is 0 Å². The number of benzene rings is 1. The van der Waals surface area contributed by atoms with E-state index < -0.39 is 23.9 Å². The first-order valence-corrected chi connectivity index (χ1v) is 7.16. The normalized spacial score (nSPS) is 11.3. The number of carbonyl (C=O) groups excluding carboxylic acids is 2. The molecular weight excluding hydrogens is 365 g/mol. The third kappa shape index (κ3) is 4.47. The zero-order valence-corrected chi connectivity index (χ0v) is 13.8. The molecule has 25 heavy (non-hydrogen) atoms. The van der Waals surface area contributed by atoms with E-state index >= 15 is 0 Å². The number of alkyl halides is 3. The zero-order valence-electron chi connectivity index (χ0n) is 13.0. The number of nitrogens with one attached hydrogen (secondary N) is 1. The van der Waals surface area contributed by atoms with Gasteiger partial charge in [-0.3, -0.25) is 9.59 Å². The first-order chi connectivity index (χ1) is 11.6. The second kappa shape index (κ2) is 7.09. The van der Waals surface area contributed by atoms with E-state index in [0.717, 1.165) is 4.90 Å². The van der Waals surface area contributed by atoms with Crippen LogP contribution < -0.4 is 5.32 Å². The Balaban J connectivity index is 2.12. The fourth-order valence-electron chi connectivity index (χ4n) is 1.74. The predicted octanol–water partition coefficient (Wildman–Crippen LogP) is 2.11. The third-order valence-electron chi connectivity index (χ3n) is 3.02. The average Bonchev–Trinajstić information content (AvgIpc) is 3.02. The van der Waals surface area contributed by atoms with Gasteiger partial charge in [-0.2, -0.15) is 18.2 Å². The predicted molar refractivity (Wildman–Crippen MR) is 80.3 cm³/mol. The Morgan fingerprint density at radius 3 is 2.52 bits per heavy atom. The van der Waals surface area contributed by atoms with Crippen LogP contribution in [0.5, 0.6) is 0 Å². The summed E-state index contributed by atoms with van der Waals surface area (Å²) in [6, 6.07) is 4.23. The molecule has 1 aromatic carbocycles. The molecule has 2 rings (SSSR count). The Kier molecular flexibility index (Phi) is 5.31. The standard InChI is InChI=1S/C14H12ClF3N4O3/c1-22(2)12(24)11(23)19-6-8-4-3-7(5-9(8)15)10-20-13(25-21-10)14(16,17)18/h3-5H,6H2,1-2H3,(H,19,23). The van der Waals surface area contributed by atoms with E-state index in [-0.39, 0.29) is 23.0 Å². The van der Waals surface area contributed by atoms with Crippen LogP contribution in [0.4, 0.5) is 13.2 Å². The van der Waals surface area contributed by atoms with Gasteiger partial charge in [0.15, 0.2) is 0 Å². The first kappa shape index (κ1) is 18.7. The van der Waals surface area contributed by atoms with E-state index in [4.69, 9.17) is 11.6 Å². The van der Waals surface area contributed by atoms with E-state index in [1.807, 2.05) is 0 Å². The summed E-state index contributed by atoms with van der Waals surface area (Å²) in [6.07, 6.45) is -4.74. The van der Waals surface area contributed by atoms with E-state index in [9.17, 15) is 22.8 Å². The number of amides is 2. The Bertz CT molecular complexity index is 805. The summed E-state index contributed by atoms with van der Waals surface area (Å²) in [5, 5.41) is 5.81. The number of nitrogens with zero attached hydrogens (tertiary/aromatic N) is 3. The van der Waals surface area contributed by atoms with Crippen molar-refractivity contribution in [1.29, 1.82) is 0 Å². The van der Waals surface area contributed by atoms with E-state index in [2.05, 4.69) is 20.0 Å². The van der Waals surface area contributed by atoms with Gasteiger partial charge in [0, 0.05) is 31.2 Å². The van der Waals surface area contributed by atoms with E-state index in [0.29, 0.717) is 5.56 Å². The topological polar surface area (TPSA) is 88.3 Å². The molecule has 0 aliphatic heterocycles. The molecule has 1 N–H and O–H groups in total. The largest absolute Gasteiger partial charge is 0.471 e. The highest BCUT2D eigenvalue weighted by Crippen LogP contribution is 2.30. The lowest BCUT2D eigenvalue weighted by molar-refractivity contribution is -0.159. The summed E-state index contributed by atoms with van der Waals surface area (Å²) in [5.74, 6) is -3.26. The molecule has 0 unspecified atom stereocenters. The lowest BCUT2D eigenvalue weighted by atomic mass is 10.1. The molecule has 11 heteroatoms. The molecule has 0 atom stereocenters. The van der Waals surface area contributed by atoms with Gasteiger partial charge in [-0.1, -0.05) is 28.9 Å². The molecule has 0 saturated carbocycles. The first-order valence-electron chi connectivity index (χ1n) is 6.78. The highest BCUT2D eigenvalue weighted by Gasteiger charge is 2.38. The summed E-state index contributed by atoms with van der Waals surface area (Å²) >= 11 is 6.05. The Morgan fingerprint density at radius 2 is 2.00 bits per heavy atom. The van der Waals surface area contributed by atoms with Gasteiger partial charge in [0.25, 0.3) is 0 Å². The molecule has 0 aliphatic carbocycles. The molecular formula is C14H12ClF3N4O3. The summed E-state index contributed by atoms with van der Waals surface area (Å²) in [5.41, 5.74) is 0.675. The molecule has 0 saturated heterocycles. The maximum Gasteiger partial charge on any atom is 0.471 e. The zero-order chi connectivity index (χ0) is 18.8. The molecule has 1 aromatic heterocycles. The maximum absolute atomic E-state index is 12.5. The lowest BCUT2D eigenvalue weighted by Gasteiger charge is -2.11. The van der Waals surface area contributed by atoms with Crippen molar-refractivity contribution in [2.24, 2.45) is 0 Å². The van der Waals surface area contributed by atoms with Crippen molar-refractivity contribution in [3.05, 3.63) is 34.7 Å². The van der Waals surface area contributed by atoms with Crippen LogP contribution in [-0.4, -0.2) is 41.0 Å². The highest BCUT2D eigenvalue weighted by molar-refractivity contribution is 6.35. The van der Waals surface area contributed by atoms with Crippen LogP contribution in [0.25, 0.3) is 11.4 Å². The summed E-state index contributed by atoms with van der Waals surface area (Å²) in [7, 11) is 2.87. The van der Waals surface area contributed by atoms with E-state index in [1.165, 1.54) is 32.3 Å². The van der Waals surface area contributed by atoms with Gasteiger partial charge in [0.05, 0.1) is 0 Å². The van der Waals surface area contributed by atoms with Crippen LogP contribution in [0.15, 0.2) is 22.7 Å². The second-order valence-corrected chi connectivity index (χ2v) is 5.52.